The summed E-state index contributed by atoms with van der Waals surface area (Å²) < 4.78 is 2.24. The van der Waals surface area contributed by atoms with E-state index in [1.807, 2.05) is 121 Å². The Morgan fingerprint density at radius 3 is 1.16 bits per heavy atom. The van der Waals surface area contributed by atoms with E-state index >= 15 is 0 Å². The lowest BCUT2D eigenvalue weighted by Crippen LogP contribution is -2.00. The first-order chi connectivity index (χ1) is 24.3. The molecular weight excluding hydrogens is 621 g/mol. The summed E-state index contributed by atoms with van der Waals surface area (Å²) in [4.78, 5) is 29.7. The number of rotatable bonds is 6. The lowest BCUT2D eigenvalue weighted by Gasteiger charge is -2.09. The van der Waals surface area contributed by atoms with Crippen LogP contribution in [0.15, 0.2) is 158 Å². The van der Waals surface area contributed by atoms with E-state index in [1.54, 1.807) is 11.3 Å². The molecule has 0 radical (unpaired) electrons. The summed E-state index contributed by atoms with van der Waals surface area (Å²) in [6.07, 6.45) is 0. The van der Waals surface area contributed by atoms with Crippen LogP contribution in [-0.2, 0) is 0 Å². The van der Waals surface area contributed by atoms with Crippen molar-refractivity contribution in [3.8, 4) is 68.3 Å². The summed E-state index contributed by atoms with van der Waals surface area (Å²) in [6, 6.07) is 53.0. The van der Waals surface area contributed by atoms with E-state index in [1.165, 1.54) is 0 Å². The topological polar surface area (TPSA) is 77.3 Å². The van der Waals surface area contributed by atoms with Crippen molar-refractivity contribution in [1.29, 1.82) is 0 Å². The van der Waals surface area contributed by atoms with Crippen molar-refractivity contribution in [2.75, 3.05) is 0 Å². The SMILES string of the molecule is c1ccc(-c2nc(-c3ccccc3)nc(-c3ccc4c(c3)sc3c(-c5nc(-c6ccccc6)nc(-c6ccccc6)n5)cccc34)n2)cc1. The van der Waals surface area contributed by atoms with Gasteiger partial charge < -0.3 is 0 Å². The van der Waals surface area contributed by atoms with E-state index in [4.69, 9.17) is 29.9 Å². The summed E-state index contributed by atoms with van der Waals surface area (Å²) in [5, 5.41) is 2.31. The Bertz CT molecular complexity index is 2470. The molecule has 9 rings (SSSR count). The fourth-order valence-corrected chi connectivity index (χ4v) is 7.23. The van der Waals surface area contributed by atoms with Crippen LogP contribution in [0.4, 0.5) is 0 Å². The molecule has 0 bridgehead atoms. The Morgan fingerprint density at radius 1 is 0.306 bits per heavy atom. The first kappa shape index (κ1) is 28.8. The van der Waals surface area contributed by atoms with Gasteiger partial charge in [0.05, 0.1) is 0 Å². The molecule has 0 aliphatic heterocycles. The lowest BCUT2D eigenvalue weighted by atomic mass is 10.1. The molecule has 230 valence electrons. The molecule has 0 fully saturated rings. The molecule has 0 saturated carbocycles. The van der Waals surface area contributed by atoms with Crippen LogP contribution in [0.25, 0.3) is 88.5 Å². The fourth-order valence-electron chi connectivity index (χ4n) is 5.98. The largest absolute Gasteiger partial charge is 0.208 e. The third-order valence-corrected chi connectivity index (χ3v) is 9.60. The number of hydrogen-bond donors (Lipinski definition) is 0. The van der Waals surface area contributed by atoms with Gasteiger partial charge in [-0.25, -0.2) is 29.9 Å². The number of aromatic nitrogens is 6. The van der Waals surface area contributed by atoms with Crippen molar-refractivity contribution in [3.63, 3.8) is 0 Å². The highest BCUT2D eigenvalue weighted by atomic mass is 32.1. The Morgan fingerprint density at radius 2 is 0.714 bits per heavy atom. The van der Waals surface area contributed by atoms with Gasteiger partial charge in [0, 0.05) is 53.6 Å². The van der Waals surface area contributed by atoms with Gasteiger partial charge in [-0.05, 0) is 12.1 Å². The monoisotopic (exact) mass is 646 g/mol. The average molecular weight is 647 g/mol. The summed E-state index contributed by atoms with van der Waals surface area (Å²) >= 11 is 1.72. The Hall–Kier alpha value is -6.44. The molecule has 0 saturated heterocycles. The smallest absolute Gasteiger partial charge is 0.165 e. The summed E-state index contributed by atoms with van der Waals surface area (Å²) in [7, 11) is 0. The molecule has 0 aliphatic rings. The van der Waals surface area contributed by atoms with Gasteiger partial charge in [0.2, 0.25) is 0 Å². The maximum atomic E-state index is 5.02. The van der Waals surface area contributed by atoms with E-state index in [2.05, 4.69) is 36.4 Å². The number of fused-ring (bicyclic) bond motifs is 3. The molecule has 3 heterocycles. The lowest BCUT2D eigenvalue weighted by molar-refractivity contribution is 1.07. The van der Waals surface area contributed by atoms with Crippen molar-refractivity contribution in [2.24, 2.45) is 0 Å². The van der Waals surface area contributed by atoms with Crippen molar-refractivity contribution >= 4 is 31.5 Å². The van der Waals surface area contributed by atoms with Gasteiger partial charge in [0.1, 0.15) is 0 Å². The Labute approximate surface area is 286 Å². The normalized spacial score (nSPS) is 11.3. The third-order valence-electron chi connectivity index (χ3n) is 8.40. The van der Waals surface area contributed by atoms with Gasteiger partial charge in [-0.15, -0.1) is 11.3 Å². The first-order valence-corrected chi connectivity index (χ1v) is 16.8. The molecule has 49 heavy (non-hydrogen) atoms. The number of thiophene rings is 1. The molecule has 0 atom stereocenters. The van der Waals surface area contributed by atoms with E-state index in [-0.39, 0.29) is 0 Å². The average Bonchev–Trinajstić information content (AvgIpc) is 3.57. The molecule has 0 unspecified atom stereocenters. The standard InChI is InChI=1S/C42H26N6S/c1-5-14-27(15-6-1)37-43-38(28-16-7-2-8-17-28)46-41(45-37)31-24-25-32-33-22-13-23-34(36(33)49-35(32)26-31)42-47-39(29-18-9-3-10-19-29)44-40(48-42)30-20-11-4-12-21-30/h1-26H. The highest BCUT2D eigenvalue weighted by Crippen LogP contribution is 2.41. The zero-order valence-electron chi connectivity index (χ0n) is 26.1. The molecule has 0 aliphatic carbocycles. The molecule has 7 heteroatoms. The van der Waals surface area contributed by atoms with Gasteiger partial charge in [-0.1, -0.05) is 146 Å². The van der Waals surface area contributed by atoms with Crippen molar-refractivity contribution in [2.45, 2.75) is 0 Å². The minimum Gasteiger partial charge on any atom is -0.208 e. The van der Waals surface area contributed by atoms with Crippen LogP contribution in [0.5, 0.6) is 0 Å². The van der Waals surface area contributed by atoms with Gasteiger partial charge in [-0.2, -0.15) is 0 Å². The molecule has 0 N–H and O–H groups in total. The van der Waals surface area contributed by atoms with Crippen LogP contribution < -0.4 is 0 Å². The van der Waals surface area contributed by atoms with Gasteiger partial charge >= 0.3 is 0 Å². The molecule has 6 aromatic carbocycles. The van der Waals surface area contributed by atoms with Crippen LogP contribution in [0.1, 0.15) is 0 Å². The molecule has 9 aromatic rings. The number of hydrogen-bond acceptors (Lipinski definition) is 7. The molecule has 3 aromatic heterocycles. The Kier molecular flexibility index (Phi) is 7.22. The highest BCUT2D eigenvalue weighted by molar-refractivity contribution is 7.26. The molecular formula is C42H26N6S. The number of nitrogens with zero attached hydrogens (tertiary/aromatic N) is 6. The van der Waals surface area contributed by atoms with E-state index in [0.717, 1.165) is 53.6 Å². The second-order valence-electron chi connectivity index (χ2n) is 11.6. The van der Waals surface area contributed by atoms with Crippen LogP contribution in [0, 0.1) is 0 Å². The van der Waals surface area contributed by atoms with Crippen molar-refractivity contribution in [3.05, 3.63) is 158 Å². The first-order valence-electron chi connectivity index (χ1n) is 16.0. The maximum Gasteiger partial charge on any atom is 0.165 e. The van der Waals surface area contributed by atoms with E-state index in [9.17, 15) is 0 Å². The summed E-state index contributed by atoms with van der Waals surface area (Å²) in [5.74, 6) is 3.83. The Balaban J connectivity index is 1.20. The van der Waals surface area contributed by atoms with Crippen LogP contribution >= 0.6 is 11.3 Å². The minimum atomic E-state index is 0.629. The van der Waals surface area contributed by atoms with Gasteiger partial charge in [0.15, 0.2) is 34.9 Å². The zero-order valence-corrected chi connectivity index (χ0v) is 26.9. The maximum absolute atomic E-state index is 5.02. The molecule has 6 nitrogen and oxygen atoms in total. The second kappa shape index (κ2) is 12.3. The molecule has 0 amide bonds. The van der Waals surface area contributed by atoms with Crippen LogP contribution in [-0.4, -0.2) is 29.9 Å². The highest BCUT2D eigenvalue weighted by Gasteiger charge is 2.18. The van der Waals surface area contributed by atoms with Gasteiger partial charge in [0.25, 0.3) is 0 Å². The third kappa shape index (κ3) is 5.52. The number of benzene rings is 6. The van der Waals surface area contributed by atoms with Crippen molar-refractivity contribution in [1.82, 2.24) is 29.9 Å². The summed E-state index contributed by atoms with van der Waals surface area (Å²) in [5.41, 5.74) is 5.67. The van der Waals surface area contributed by atoms with Crippen LogP contribution in [0.2, 0.25) is 0 Å². The summed E-state index contributed by atoms with van der Waals surface area (Å²) in [6.45, 7) is 0. The predicted octanol–water partition coefficient (Wildman–Crippen LogP) is 10.4. The molecule has 0 spiro atoms. The fraction of sp³-hybridized carbons (Fsp3) is 0. The van der Waals surface area contributed by atoms with E-state index in [0.29, 0.717) is 34.9 Å². The van der Waals surface area contributed by atoms with Crippen molar-refractivity contribution < 1.29 is 0 Å². The van der Waals surface area contributed by atoms with Gasteiger partial charge in [-0.3, -0.25) is 0 Å². The minimum absolute atomic E-state index is 0.629. The predicted molar refractivity (Wildman–Crippen MR) is 199 cm³/mol. The second-order valence-corrected chi connectivity index (χ2v) is 12.6. The quantitative estimate of drug-likeness (QED) is 0.179. The van der Waals surface area contributed by atoms with Crippen LogP contribution in [0.3, 0.4) is 0 Å². The zero-order chi connectivity index (χ0) is 32.6. The van der Waals surface area contributed by atoms with E-state index < -0.39 is 0 Å².